The second-order valence-corrected chi connectivity index (χ2v) is 17.3. The molecule has 0 saturated heterocycles. The monoisotopic (exact) mass is 879 g/mol. The first kappa shape index (κ1) is 41.5. The van der Waals surface area contributed by atoms with Crippen LogP contribution < -0.4 is 4.74 Å². The number of hydrogen-bond donors (Lipinski definition) is 1. The van der Waals surface area contributed by atoms with Gasteiger partial charge in [-0.2, -0.15) is 0 Å². The Kier molecular flexibility index (Phi) is 12.8. The number of allylic oxidation sites excluding steroid dienone is 2. The summed E-state index contributed by atoms with van der Waals surface area (Å²) in [5, 5.41) is 11.5. The van der Waals surface area contributed by atoms with Gasteiger partial charge in [0.1, 0.15) is 11.9 Å². The molecule has 0 saturated carbocycles. The molecule has 2 atom stereocenters. The van der Waals surface area contributed by atoms with Crippen LogP contribution in [0, 0.1) is 69.3 Å². The Labute approximate surface area is 327 Å². The molecular formula is C47H60IrNO3-. The number of aliphatic hydroxyl groups excluding tert-OH is 1. The zero-order chi connectivity index (χ0) is 37.7. The second-order valence-electron chi connectivity index (χ2n) is 17.3. The zero-order valence-corrected chi connectivity index (χ0v) is 36.3. The number of carbonyl (C=O) groups excluding carboxylic acids is 1. The van der Waals surface area contributed by atoms with Crippen LogP contribution in [-0.2, 0) is 30.3 Å². The second kappa shape index (κ2) is 16.0. The van der Waals surface area contributed by atoms with Crippen molar-refractivity contribution in [3.8, 4) is 17.0 Å². The van der Waals surface area contributed by atoms with Crippen LogP contribution in [-0.4, -0.2) is 15.9 Å². The number of carbonyl (C=O) groups is 1. The fourth-order valence-corrected chi connectivity index (χ4v) is 9.53. The number of aliphatic hydroxyl groups is 1. The molecule has 1 radical (unpaired) electrons. The quantitative estimate of drug-likeness (QED) is 0.109. The fourth-order valence-electron chi connectivity index (χ4n) is 9.53. The van der Waals surface area contributed by atoms with Crippen molar-refractivity contribution in [2.45, 2.75) is 114 Å². The molecule has 281 valence electrons. The topological polar surface area (TPSA) is 59.4 Å². The van der Waals surface area contributed by atoms with E-state index in [0.717, 1.165) is 22.5 Å². The summed E-state index contributed by atoms with van der Waals surface area (Å²) in [6.45, 7) is 30.0. The first-order valence-corrected chi connectivity index (χ1v) is 19.0. The van der Waals surface area contributed by atoms with Gasteiger partial charge in [0.15, 0.2) is 5.78 Å². The minimum atomic E-state index is -0.0841. The van der Waals surface area contributed by atoms with E-state index in [4.69, 9.17) is 9.72 Å². The number of benzene rings is 3. The van der Waals surface area contributed by atoms with E-state index in [9.17, 15) is 9.90 Å². The van der Waals surface area contributed by atoms with E-state index in [-0.39, 0.29) is 55.0 Å². The molecule has 1 aliphatic carbocycles. The third-order valence-corrected chi connectivity index (χ3v) is 11.4. The molecule has 4 nitrogen and oxygen atoms in total. The third-order valence-electron chi connectivity index (χ3n) is 11.4. The maximum absolute atomic E-state index is 12.3. The smallest absolute Gasteiger partial charge is 0.162 e. The van der Waals surface area contributed by atoms with Crippen molar-refractivity contribution in [3.63, 3.8) is 0 Å². The summed E-state index contributed by atoms with van der Waals surface area (Å²) in [7, 11) is 0. The van der Waals surface area contributed by atoms with Crippen LogP contribution >= 0.6 is 0 Å². The molecule has 5 heteroatoms. The van der Waals surface area contributed by atoms with Crippen LogP contribution in [0.4, 0.5) is 0 Å². The van der Waals surface area contributed by atoms with Crippen LogP contribution in [0.15, 0.2) is 60.4 Å². The van der Waals surface area contributed by atoms with E-state index in [1.54, 1.807) is 0 Å². The number of ether oxygens (including phenoxy) is 1. The Hall–Kier alpha value is -3.27. The minimum Gasteiger partial charge on any atom is -0.512 e. The van der Waals surface area contributed by atoms with Crippen LogP contribution in [0.3, 0.4) is 0 Å². The molecule has 4 aromatic rings. The summed E-state index contributed by atoms with van der Waals surface area (Å²) in [5.41, 5.74) is 12.1. The number of nitrogens with zero attached hydrogens (tertiary/aromatic N) is 1. The number of aromatic nitrogens is 1. The Morgan fingerprint density at radius 2 is 1.40 bits per heavy atom. The van der Waals surface area contributed by atoms with E-state index >= 15 is 0 Å². The molecule has 0 fully saturated rings. The molecule has 1 N–H and O–H groups in total. The van der Waals surface area contributed by atoms with E-state index in [2.05, 4.69) is 145 Å². The molecule has 0 amide bonds. The summed E-state index contributed by atoms with van der Waals surface area (Å²) < 4.78 is 6.53. The van der Waals surface area contributed by atoms with Crippen LogP contribution in [0.2, 0.25) is 0 Å². The molecule has 52 heavy (non-hydrogen) atoms. The average Bonchev–Trinajstić information content (AvgIpc) is 3.49. The summed E-state index contributed by atoms with van der Waals surface area (Å²) in [6, 6.07) is 21.1. The maximum Gasteiger partial charge on any atom is 0.162 e. The van der Waals surface area contributed by atoms with Crippen molar-refractivity contribution in [1.29, 1.82) is 0 Å². The first-order chi connectivity index (χ1) is 23.8. The predicted octanol–water partition coefficient (Wildman–Crippen LogP) is 12.3. The van der Waals surface area contributed by atoms with Crippen LogP contribution in [0.1, 0.15) is 120 Å². The van der Waals surface area contributed by atoms with Gasteiger partial charge in [-0.1, -0.05) is 105 Å². The van der Waals surface area contributed by atoms with Gasteiger partial charge in [0, 0.05) is 54.9 Å². The van der Waals surface area contributed by atoms with Gasteiger partial charge in [-0.3, -0.25) is 9.78 Å². The minimum absolute atomic E-state index is 0. The SMILES string of the molecule is CC(C)C(C(=O)/C=C(\O)C(C(C)C)C(C)C)C(C)C.Cc1ccc2c(c1)C1C(O2)c2cc[c-]c(-c3cc(C)c4c(C)cc(C)cc4n3)c2C1(C)C.[Ir]. The summed E-state index contributed by atoms with van der Waals surface area (Å²) in [4.78, 5) is 17.5. The van der Waals surface area contributed by atoms with Crippen molar-refractivity contribution in [2.75, 3.05) is 0 Å². The standard InChI is InChI=1S/C30H28NO.C17H32O2.Ir/c1-16-10-11-25-22(13-16)28-29(32-25)21-9-7-8-20(27(21)30(28,5)6)23-15-19(4)26-18(3)12-17(2)14-24(26)31-23;1-10(2)16(11(3)4)14(18)9-15(19)17(12(5)6)13(7)8;/h7,9-15,28-29H,1-6H3;9-13,16-18H,1-8H3;/q-1;;/b;14-9-;. The van der Waals surface area contributed by atoms with Gasteiger partial charge >= 0.3 is 0 Å². The molecular weight excluding hydrogens is 819 g/mol. The van der Waals surface area contributed by atoms with Crippen LogP contribution in [0.5, 0.6) is 5.75 Å². The average molecular weight is 879 g/mol. The molecule has 0 bridgehead atoms. The van der Waals surface area contributed by atoms with Gasteiger partial charge in [-0.15, -0.1) is 29.3 Å². The van der Waals surface area contributed by atoms with E-state index in [0.29, 0.717) is 29.6 Å². The Morgan fingerprint density at radius 3 is 2.00 bits per heavy atom. The van der Waals surface area contributed by atoms with Gasteiger partial charge in [0.05, 0.1) is 11.3 Å². The number of fused-ring (bicyclic) bond motifs is 6. The Bertz CT molecular complexity index is 1950. The molecule has 0 spiro atoms. The van der Waals surface area contributed by atoms with Gasteiger partial charge in [-0.25, -0.2) is 0 Å². The summed E-state index contributed by atoms with van der Waals surface area (Å²) >= 11 is 0. The van der Waals surface area contributed by atoms with E-state index in [1.165, 1.54) is 50.4 Å². The fraction of sp³-hybridized carbons (Fsp3) is 0.489. The number of aryl methyl sites for hydroxylation is 4. The molecule has 3 aromatic carbocycles. The van der Waals surface area contributed by atoms with Gasteiger partial charge in [-0.05, 0) is 91.3 Å². The van der Waals surface area contributed by atoms with E-state index < -0.39 is 0 Å². The van der Waals surface area contributed by atoms with Gasteiger partial charge < -0.3 is 9.84 Å². The van der Waals surface area contributed by atoms with Crippen molar-refractivity contribution in [1.82, 2.24) is 4.98 Å². The van der Waals surface area contributed by atoms with Gasteiger partial charge in [0.2, 0.25) is 0 Å². The largest absolute Gasteiger partial charge is 0.512 e. The summed E-state index contributed by atoms with van der Waals surface area (Å²) in [5.74, 6) is 2.96. The maximum atomic E-state index is 12.3. The van der Waals surface area contributed by atoms with Crippen LogP contribution in [0.25, 0.3) is 22.2 Å². The third kappa shape index (κ3) is 7.83. The van der Waals surface area contributed by atoms with Crippen molar-refractivity contribution in [3.05, 3.63) is 105 Å². The van der Waals surface area contributed by atoms with Crippen molar-refractivity contribution < 1.29 is 34.7 Å². The molecule has 2 unspecified atom stereocenters. The number of pyridine rings is 1. The van der Waals surface area contributed by atoms with Gasteiger partial charge in [0.25, 0.3) is 0 Å². The van der Waals surface area contributed by atoms with Crippen molar-refractivity contribution >= 4 is 16.7 Å². The number of ketones is 1. The normalized spacial score (nSPS) is 17.3. The van der Waals surface area contributed by atoms with E-state index in [1.807, 2.05) is 6.07 Å². The molecule has 1 aliphatic heterocycles. The molecule has 1 aromatic heterocycles. The Morgan fingerprint density at radius 1 is 0.808 bits per heavy atom. The zero-order valence-electron chi connectivity index (χ0n) is 33.9. The predicted molar refractivity (Wildman–Crippen MR) is 213 cm³/mol. The number of hydrogen-bond acceptors (Lipinski definition) is 4. The molecule has 2 heterocycles. The molecule has 2 aliphatic rings. The van der Waals surface area contributed by atoms with Crippen molar-refractivity contribution in [2.24, 2.45) is 35.5 Å². The summed E-state index contributed by atoms with van der Waals surface area (Å²) in [6.07, 6.45) is 1.53. The molecule has 6 rings (SSSR count). The number of rotatable bonds is 8. The Balaban J connectivity index is 0.000000263. The first-order valence-electron chi connectivity index (χ1n) is 19.0.